The number of benzene rings is 1. The smallest absolute Gasteiger partial charge is 0.251 e. The van der Waals surface area contributed by atoms with E-state index < -0.39 is 0 Å². The highest BCUT2D eigenvalue weighted by Crippen LogP contribution is 2.07. The van der Waals surface area contributed by atoms with E-state index in [0.29, 0.717) is 25.3 Å². The number of hydrogen-bond acceptors (Lipinski definition) is 2. The second kappa shape index (κ2) is 8.06. The summed E-state index contributed by atoms with van der Waals surface area (Å²) in [4.78, 5) is 11.7. The maximum absolute atomic E-state index is 11.7. The van der Waals surface area contributed by atoms with Crippen molar-refractivity contribution in [2.24, 2.45) is 0 Å². The summed E-state index contributed by atoms with van der Waals surface area (Å²) < 4.78 is 5.30. The first kappa shape index (κ1) is 14.9. The van der Waals surface area contributed by atoms with Crippen molar-refractivity contribution in [1.29, 1.82) is 0 Å². The van der Waals surface area contributed by atoms with Crippen LogP contribution in [0.4, 0.5) is 0 Å². The Labute approximate surface area is 116 Å². The molecule has 18 heavy (non-hydrogen) atoms. The van der Waals surface area contributed by atoms with E-state index in [9.17, 15) is 4.79 Å². The van der Waals surface area contributed by atoms with E-state index in [-0.39, 0.29) is 5.91 Å². The second-order valence-corrected chi connectivity index (χ2v) is 4.66. The molecule has 98 valence electrons. The molecule has 4 heteroatoms. The minimum atomic E-state index is -0.0740. The molecular weight excluding hydrogens is 294 g/mol. The average molecular weight is 312 g/mol. The molecular formula is C14H18BrNO2. The lowest BCUT2D eigenvalue weighted by Crippen LogP contribution is -2.27. The number of halogens is 1. The van der Waals surface area contributed by atoms with Gasteiger partial charge in [0.25, 0.3) is 5.91 Å². The number of carbonyl (C=O) groups is 1. The Balaban J connectivity index is 2.29. The van der Waals surface area contributed by atoms with Crippen LogP contribution in [0.3, 0.4) is 0 Å². The third kappa shape index (κ3) is 5.47. The molecule has 0 bridgehead atoms. The summed E-state index contributed by atoms with van der Waals surface area (Å²) in [7, 11) is 0. The molecule has 0 atom stereocenters. The monoisotopic (exact) mass is 311 g/mol. The standard InChI is InChI=1S/C14H18BrNO2/c1-11(2)10-18-8-7-16-14(17)13-5-3-12(9-15)4-6-13/h3-6H,1,7-10H2,2H3,(H,16,17). The fraction of sp³-hybridized carbons (Fsp3) is 0.357. The van der Waals surface area contributed by atoms with Gasteiger partial charge >= 0.3 is 0 Å². The fourth-order valence-electron chi connectivity index (χ4n) is 1.33. The van der Waals surface area contributed by atoms with Crippen molar-refractivity contribution >= 4 is 21.8 Å². The number of nitrogens with one attached hydrogen (secondary N) is 1. The summed E-state index contributed by atoms with van der Waals surface area (Å²) in [6.45, 7) is 7.18. The molecule has 0 saturated heterocycles. The van der Waals surface area contributed by atoms with Gasteiger partial charge < -0.3 is 10.1 Å². The molecule has 1 N–H and O–H groups in total. The lowest BCUT2D eigenvalue weighted by atomic mass is 10.1. The molecule has 0 heterocycles. The quantitative estimate of drug-likeness (QED) is 0.478. The predicted octanol–water partition coefficient (Wildman–Crippen LogP) is 2.90. The molecule has 0 spiro atoms. The van der Waals surface area contributed by atoms with Crippen LogP contribution >= 0.6 is 15.9 Å². The minimum Gasteiger partial charge on any atom is -0.375 e. The molecule has 0 aliphatic rings. The average Bonchev–Trinajstić information content (AvgIpc) is 2.38. The van der Waals surface area contributed by atoms with Crippen molar-refractivity contribution in [3.63, 3.8) is 0 Å². The highest BCUT2D eigenvalue weighted by atomic mass is 79.9. The number of ether oxygens (including phenoxy) is 1. The number of rotatable bonds is 7. The highest BCUT2D eigenvalue weighted by Gasteiger charge is 2.04. The first-order valence-corrected chi connectivity index (χ1v) is 6.91. The van der Waals surface area contributed by atoms with Crippen molar-refractivity contribution in [3.8, 4) is 0 Å². The molecule has 3 nitrogen and oxygen atoms in total. The van der Waals surface area contributed by atoms with E-state index in [0.717, 1.165) is 16.5 Å². The van der Waals surface area contributed by atoms with Gasteiger partial charge in [-0.2, -0.15) is 0 Å². The van der Waals surface area contributed by atoms with Gasteiger partial charge in [-0.05, 0) is 24.6 Å². The van der Waals surface area contributed by atoms with Crippen LogP contribution < -0.4 is 5.32 Å². The van der Waals surface area contributed by atoms with Gasteiger partial charge in [0.15, 0.2) is 0 Å². The summed E-state index contributed by atoms with van der Waals surface area (Å²) >= 11 is 3.37. The summed E-state index contributed by atoms with van der Waals surface area (Å²) in [5.41, 5.74) is 2.79. The fourth-order valence-corrected chi connectivity index (χ4v) is 1.70. The van der Waals surface area contributed by atoms with Gasteiger partial charge in [0.1, 0.15) is 0 Å². The van der Waals surface area contributed by atoms with Crippen molar-refractivity contribution in [3.05, 3.63) is 47.5 Å². The molecule has 1 aromatic rings. The Morgan fingerprint density at radius 3 is 2.61 bits per heavy atom. The van der Waals surface area contributed by atoms with Crippen molar-refractivity contribution in [2.45, 2.75) is 12.3 Å². The Morgan fingerprint density at radius 2 is 2.06 bits per heavy atom. The molecule has 1 amide bonds. The Bertz CT molecular complexity index is 401. The summed E-state index contributed by atoms with van der Waals surface area (Å²) in [6, 6.07) is 7.50. The zero-order valence-electron chi connectivity index (χ0n) is 10.5. The van der Waals surface area contributed by atoms with Crippen LogP contribution in [0.5, 0.6) is 0 Å². The molecule has 0 aromatic heterocycles. The number of carbonyl (C=O) groups excluding carboxylic acids is 1. The van der Waals surface area contributed by atoms with Crippen LogP contribution in [0.1, 0.15) is 22.8 Å². The Kier molecular flexibility index (Phi) is 6.68. The van der Waals surface area contributed by atoms with Gasteiger partial charge in [0.05, 0.1) is 13.2 Å². The van der Waals surface area contributed by atoms with Crippen molar-refractivity contribution in [2.75, 3.05) is 19.8 Å². The normalized spacial score (nSPS) is 10.1. The largest absolute Gasteiger partial charge is 0.375 e. The van der Waals surface area contributed by atoms with Gasteiger partial charge in [-0.25, -0.2) is 0 Å². The lowest BCUT2D eigenvalue weighted by molar-refractivity contribution is 0.0927. The summed E-state index contributed by atoms with van der Waals surface area (Å²) in [5, 5.41) is 3.60. The maximum Gasteiger partial charge on any atom is 0.251 e. The number of hydrogen-bond donors (Lipinski definition) is 1. The van der Waals surface area contributed by atoms with E-state index >= 15 is 0 Å². The van der Waals surface area contributed by atoms with Gasteiger partial charge in [-0.3, -0.25) is 4.79 Å². The van der Waals surface area contributed by atoms with E-state index in [2.05, 4.69) is 27.8 Å². The molecule has 0 unspecified atom stereocenters. The van der Waals surface area contributed by atoms with E-state index in [1.807, 2.05) is 31.2 Å². The van der Waals surface area contributed by atoms with Crippen LogP contribution in [-0.2, 0) is 10.1 Å². The number of amides is 1. The molecule has 0 fully saturated rings. The first-order valence-electron chi connectivity index (χ1n) is 5.78. The summed E-state index contributed by atoms with van der Waals surface area (Å²) in [6.07, 6.45) is 0. The van der Waals surface area contributed by atoms with Gasteiger partial charge in [-0.1, -0.05) is 40.2 Å². The molecule has 0 saturated carbocycles. The van der Waals surface area contributed by atoms with E-state index in [1.54, 1.807) is 0 Å². The molecule has 0 aliphatic heterocycles. The van der Waals surface area contributed by atoms with Gasteiger partial charge in [-0.15, -0.1) is 0 Å². The third-order valence-corrected chi connectivity index (χ3v) is 2.90. The predicted molar refractivity (Wildman–Crippen MR) is 77.0 cm³/mol. The Morgan fingerprint density at radius 1 is 1.39 bits per heavy atom. The molecule has 0 aliphatic carbocycles. The minimum absolute atomic E-state index is 0.0740. The third-order valence-electron chi connectivity index (χ3n) is 2.25. The van der Waals surface area contributed by atoms with Crippen LogP contribution in [0.2, 0.25) is 0 Å². The van der Waals surface area contributed by atoms with Crippen molar-refractivity contribution in [1.82, 2.24) is 5.32 Å². The maximum atomic E-state index is 11.7. The lowest BCUT2D eigenvalue weighted by Gasteiger charge is -2.06. The van der Waals surface area contributed by atoms with Crippen molar-refractivity contribution < 1.29 is 9.53 Å². The zero-order valence-corrected chi connectivity index (χ0v) is 12.1. The van der Waals surface area contributed by atoms with Crippen LogP contribution in [0, 0.1) is 0 Å². The molecule has 1 aromatic carbocycles. The van der Waals surface area contributed by atoms with Gasteiger partial charge in [0.2, 0.25) is 0 Å². The molecule has 0 radical (unpaired) electrons. The topological polar surface area (TPSA) is 38.3 Å². The second-order valence-electron chi connectivity index (χ2n) is 4.10. The van der Waals surface area contributed by atoms with E-state index in [4.69, 9.17) is 4.74 Å². The van der Waals surface area contributed by atoms with Gasteiger partial charge in [0, 0.05) is 17.4 Å². The number of alkyl halides is 1. The first-order chi connectivity index (χ1) is 8.63. The summed E-state index contributed by atoms with van der Waals surface area (Å²) in [5.74, 6) is -0.0740. The SMILES string of the molecule is C=C(C)COCCNC(=O)c1ccc(CBr)cc1. The molecule has 1 rings (SSSR count). The Hall–Kier alpha value is -1.13. The van der Waals surface area contributed by atoms with Crippen LogP contribution in [-0.4, -0.2) is 25.7 Å². The van der Waals surface area contributed by atoms with Crippen LogP contribution in [0.15, 0.2) is 36.4 Å². The van der Waals surface area contributed by atoms with E-state index in [1.165, 1.54) is 0 Å². The highest BCUT2D eigenvalue weighted by molar-refractivity contribution is 9.08. The van der Waals surface area contributed by atoms with Crippen LogP contribution in [0.25, 0.3) is 0 Å². The zero-order chi connectivity index (χ0) is 13.4.